The van der Waals surface area contributed by atoms with E-state index in [1.54, 1.807) is 0 Å². The average molecular weight is 364 g/mol. The number of nitrogens with one attached hydrogen (secondary N) is 2. The third-order valence-corrected chi connectivity index (χ3v) is 4.53. The lowest BCUT2D eigenvalue weighted by Gasteiger charge is -2.21. The summed E-state index contributed by atoms with van der Waals surface area (Å²) in [6.07, 6.45) is 3.53. The summed E-state index contributed by atoms with van der Waals surface area (Å²) in [5.74, 6) is 1.12. The van der Waals surface area contributed by atoms with Crippen molar-refractivity contribution in [3.63, 3.8) is 0 Å². The molecule has 0 unspecified atom stereocenters. The zero-order valence-electron chi connectivity index (χ0n) is 12.1. The van der Waals surface area contributed by atoms with Crippen LogP contribution in [0.2, 0.25) is 0 Å². The van der Waals surface area contributed by atoms with Crippen LogP contribution in [0, 0.1) is 0 Å². The van der Waals surface area contributed by atoms with E-state index in [0.717, 1.165) is 35.7 Å². The molecule has 3 rings (SSSR count). The number of carbonyl (C=O) groups is 1. The topological polar surface area (TPSA) is 96.7 Å². The quantitative estimate of drug-likeness (QED) is 0.774. The monoisotopic (exact) mass is 363 g/mol. The van der Waals surface area contributed by atoms with Gasteiger partial charge in [0, 0.05) is 10.0 Å². The molecule has 1 aromatic heterocycles. The van der Waals surface area contributed by atoms with Crippen molar-refractivity contribution in [1.29, 1.82) is 0 Å². The summed E-state index contributed by atoms with van der Waals surface area (Å²) in [7, 11) is 0. The summed E-state index contributed by atoms with van der Waals surface area (Å²) in [6.45, 7) is 0.307. The molecule has 1 heterocycles. The molecule has 6 nitrogen and oxygen atoms in total. The summed E-state index contributed by atoms with van der Waals surface area (Å²) < 4.78 is 1.00. The van der Waals surface area contributed by atoms with Crippen molar-refractivity contribution in [2.24, 2.45) is 5.73 Å². The smallest absolute Gasteiger partial charge is 0.240 e. The van der Waals surface area contributed by atoms with E-state index < -0.39 is 5.54 Å². The Hall–Kier alpha value is -1.73. The Balaban J connectivity index is 1.62. The molecule has 1 aliphatic carbocycles. The highest BCUT2D eigenvalue weighted by molar-refractivity contribution is 9.10. The van der Waals surface area contributed by atoms with Gasteiger partial charge in [-0.15, -0.1) is 0 Å². The molecule has 7 heteroatoms. The minimum absolute atomic E-state index is 0.105. The molecule has 1 aliphatic rings. The number of aromatic amines is 1. The second kappa shape index (κ2) is 6.18. The van der Waals surface area contributed by atoms with Crippen LogP contribution in [0.1, 0.15) is 31.5 Å². The number of halogens is 1. The lowest BCUT2D eigenvalue weighted by Crippen LogP contribution is -2.51. The van der Waals surface area contributed by atoms with E-state index in [2.05, 4.69) is 36.4 Å². The second-order valence-corrected chi connectivity index (χ2v) is 6.57. The Morgan fingerprint density at radius 3 is 2.68 bits per heavy atom. The maximum Gasteiger partial charge on any atom is 0.240 e. The molecule has 0 atom stereocenters. The van der Waals surface area contributed by atoms with Gasteiger partial charge in [-0.3, -0.25) is 9.89 Å². The molecule has 1 saturated carbocycles. The van der Waals surface area contributed by atoms with Gasteiger partial charge in [-0.05, 0) is 25.0 Å². The first-order valence-electron chi connectivity index (χ1n) is 7.31. The molecular weight excluding hydrogens is 346 g/mol. The van der Waals surface area contributed by atoms with Gasteiger partial charge in [0.1, 0.15) is 5.82 Å². The number of benzene rings is 1. The van der Waals surface area contributed by atoms with Crippen molar-refractivity contribution in [3.8, 4) is 11.4 Å². The van der Waals surface area contributed by atoms with Gasteiger partial charge in [0.25, 0.3) is 0 Å². The molecule has 0 saturated heterocycles. The highest BCUT2D eigenvalue weighted by Crippen LogP contribution is 2.27. The third kappa shape index (κ3) is 3.20. The zero-order chi connectivity index (χ0) is 15.6. The van der Waals surface area contributed by atoms with Crippen molar-refractivity contribution in [2.75, 3.05) is 0 Å². The number of rotatable bonds is 4. The van der Waals surface area contributed by atoms with Gasteiger partial charge in [-0.2, -0.15) is 5.10 Å². The van der Waals surface area contributed by atoms with Crippen LogP contribution in [0.25, 0.3) is 11.4 Å². The Morgan fingerprint density at radius 1 is 1.32 bits per heavy atom. The first-order chi connectivity index (χ1) is 10.6. The zero-order valence-corrected chi connectivity index (χ0v) is 13.7. The molecule has 4 N–H and O–H groups in total. The van der Waals surface area contributed by atoms with Crippen molar-refractivity contribution >= 4 is 21.8 Å². The maximum absolute atomic E-state index is 12.2. The molecule has 1 fully saturated rings. The van der Waals surface area contributed by atoms with Gasteiger partial charge in [0.15, 0.2) is 5.82 Å². The largest absolute Gasteiger partial charge is 0.347 e. The van der Waals surface area contributed by atoms with Gasteiger partial charge < -0.3 is 11.1 Å². The molecule has 0 radical (unpaired) electrons. The number of nitrogens with zero attached hydrogens (tertiary/aromatic N) is 2. The van der Waals surface area contributed by atoms with Crippen molar-refractivity contribution in [3.05, 3.63) is 34.6 Å². The van der Waals surface area contributed by atoms with E-state index in [0.29, 0.717) is 18.2 Å². The van der Waals surface area contributed by atoms with Crippen LogP contribution in [0.4, 0.5) is 0 Å². The van der Waals surface area contributed by atoms with E-state index in [9.17, 15) is 4.79 Å². The summed E-state index contributed by atoms with van der Waals surface area (Å²) in [5, 5.41) is 9.87. The Bertz CT molecular complexity index is 661. The van der Waals surface area contributed by atoms with Crippen LogP contribution in [-0.4, -0.2) is 26.6 Å². The van der Waals surface area contributed by atoms with Crippen LogP contribution >= 0.6 is 15.9 Å². The van der Waals surface area contributed by atoms with Crippen molar-refractivity contribution in [2.45, 2.75) is 37.8 Å². The summed E-state index contributed by atoms with van der Waals surface area (Å²) in [5.41, 5.74) is 6.32. The van der Waals surface area contributed by atoms with Crippen molar-refractivity contribution < 1.29 is 4.79 Å². The van der Waals surface area contributed by atoms with Gasteiger partial charge in [-0.25, -0.2) is 4.98 Å². The Labute approximate surface area is 137 Å². The van der Waals surface area contributed by atoms with E-state index in [1.807, 2.05) is 24.3 Å². The normalized spacial score (nSPS) is 16.6. The van der Waals surface area contributed by atoms with E-state index in [-0.39, 0.29) is 5.91 Å². The number of amides is 1. The molecule has 1 amide bonds. The number of hydrogen-bond donors (Lipinski definition) is 3. The maximum atomic E-state index is 12.2. The number of nitrogens with two attached hydrogens (primary N) is 1. The van der Waals surface area contributed by atoms with E-state index in [1.165, 1.54) is 0 Å². The average Bonchev–Trinajstić information content (AvgIpc) is 3.15. The lowest BCUT2D eigenvalue weighted by molar-refractivity contribution is -0.126. The van der Waals surface area contributed by atoms with Gasteiger partial charge >= 0.3 is 0 Å². The minimum atomic E-state index is -0.714. The number of carbonyl (C=O) groups excluding carboxylic acids is 1. The van der Waals surface area contributed by atoms with E-state index in [4.69, 9.17) is 5.73 Å². The van der Waals surface area contributed by atoms with E-state index >= 15 is 0 Å². The molecule has 22 heavy (non-hydrogen) atoms. The third-order valence-electron chi connectivity index (χ3n) is 4.00. The molecule has 1 aromatic carbocycles. The van der Waals surface area contributed by atoms with Crippen LogP contribution < -0.4 is 11.1 Å². The molecule has 0 spiro atoms. The minimum Gasteiger partial charge on any atom is -0.347 e. The van der Waals surface area contributed by atoms with Crippen LogP contribution in [0.3, 0.4) is 0 Å². The Kier molecular flexibility index (Phi) is 4.26. The summed E-state index contributed by atoms with van der Waals surface area (Å²) in [4.78, 5) is 16.5. The second-order valence-electron chi connectivity index (χ2n) is 5.66. The highest BCUT2D eigenvalue weighted by atomic mass is 79.9. The lowest BCUT2D eigenvalue weighted by atomic mass is 9.98. The van der Waals surface area contributed by atoms with Gasteiger partial charge in [0.05, 0.1) is 12.1 Å². The van der Waals surface area contributed by atoms with Crippen LogP contribution in [0.15, 0.2) is 28.7 Å². The standard InChI is InChI=1S/C15H18BrN5O/c16-11-5-3-10(4-6-11)13-19-12(20-21-13)9-18-14(22)15(17)7-1-2-8-15/h3-6H,1-2,7-9,17H2,(H,18,22)(H,19,20,21). The highest BCUT2D eigenvalue weighted by Gasteiger charge is 2.36. The SMILES string of the molecule is NC1(C(=O)NCc2nc(-c3ccc(Br)cc3)n[nH]2)CCCC1. The fourth-order valence-corrected chi connectivity index (χ4v) is 2.94. The fourth-order valence-electron chi connectivity index (χ4n) is 2.68. The van der Waals surface area contributed by atoms with Crippen molar-refractivity contribution in [1.82, 2.24) is 20.5 Å². The predicted molar refractivity (Wildman–Crippen MR) is 86.8 cm³/mol. The number of H-pyrrole nitrogens is 1. The first kappa shape index (κ1) is 15.2. The van der Waals surface area contributed by atoms with Gasteiger partial charge in [-0.1, -0.05) is 40.9 Å². The summed E-state index contributed by atoms with van der Waals surface area (Å²) in [6, 6.07) is 7.74. The predicted octanol–water partition coefficient (Wildman–Crippen LogP) is 2.12. The van der Waals surface area contributed by atoms with Crippen LogP contribution in [0.5, 0.6) is 0 Å². The number of aromatic nitrogens is 3. The molecule has 0 bridgehead atoms. The first-order valence-corrected chi connectivity index (χ1v) is 8.10. The number of hydrogen-bond acceptors (Lipinski definition) is 4. The molecular formula is C15H18BrN5O. The Morgan fingerprint density at radius 2 is 2.00 bits per heavy atom. The van der Waals surface area contributed by atoms with Gasteiger partial charge in [0.2, 0.25) is 5.91 Å². The molecule has 0 aliphatic heterocycles. The molecule has 116 valence electrons. The fraction of sp³-hybridized carbons (Fsp3) is 0.400. The molecule has 2 aromatic rings. The summed E-state index contributed by atoms with van der Waals surface area (Å²) >= 11 is 3.39. The van der Waals surface area contributed by atoms with Crippen LogP contribution in [-0.2, 0) is 11.3 Å².